The summed E-state index contributed by atoms with van der Waals surface area (Å²) in [5, 5.41) is 10.5. The van der Waals surface area contributed by atoms with E-state index in [1.807, 2.05) is 0 Å². The van der Waals surface area contributed by atoms with E-state index in [1.54, 1.807) is 0 Å². The molecule has 0 bridgehead atoms. The Hall–Kier alpha value is -1.94. The Kier molecular flexibility index (Phi) is 53.9. The third-order valence-electron chi connectivity index (χ3n) is 15.5. The molecule has 3 N–H and O–H groups in total. The highest BCUT2D eigenvalue weighted by Crippen LogP contribution is 2.45. The van der Waals surface area contributed by atoms with Gasteiger partial charge < -0.3 is 33.8 Å². The van der Waals surface area contributed by atoms with Crippen molar-refractivity contribution >= 4 is 39.5 Å². The van der Waals surface area contributed by atoms with Gasteiger partial charge in [0, 0.05) is 25.7 Å². The van der Waals surface area contributed by atoms with Crippen molar-refractivity contribution in [1.29, 1.82) is 0 Å². The van der Waals surface area contributed by atoms with Gasteiger partial charge in [-0.1, -0.05) is 261 Å². The molecular weight excluding hydrogens is 1110 g/mol. The molecule has 498 valence electrons. The molecule has 0 aromatic rings. The zero-order chi connectivity index (χ0) is 62.5. The van der Waals surface area contributed by atoms with Gasteiger partial charge in [-0.05, 0) is 49.4 Å². The Labute approximate surface area is 511 Å². The standard InChI is InChI=1S/C65H126O17P2/c1-9-57(7)43-35-27-20-23-30-38-46-63(68)76-52-61(82-65(70)48-40-32-24-21-28-36-44-58(8)10-2)54-80-84(73,74)78-50-59(66)49-77-83(71,72)79-53-60(81-64(69)47-39-31-22-19-26-34-42-56(5)6)51-75-62(67)45-37-29-18-16-14-12-11-13-15-17-25-33-41-55(3)4/h55-61,66H,9-54H2,1-8H3,(H,71,72)(H,73,74)/t57?,58?,59-,60-,61-/m1/s1. The van der Waals surface area contributed by atoms with Gasteiger partial charge in [0.15, 0.2) is 12.2 Å². The normalized spacial score (nSPS) is 15.1. The van der Waals surface area contributed by atoms with E-state index in [1.165, 1.54) is 109 Å². The predicted molar refractivity (Wildman–Crippen MR) is 335 cm³/mol. The van der Waals surface area contributed by atoms with E-state index in [-0.39, 0.29) is 25.7 Å². The van der Waals surface area contributed by atoms with Crippen molar-refractivity contribution in [2.24, 2.45) is 23.7 Å². The number of hydrogen-bond acceptors (Lipinski definition) is 15. The first-order valence-electron chi connectivity index (χ1n) is 33.8. The van der Waals surface area contributed by atoms with Gasteiger partial charge in [-0.25, -0.2) is 9.13 Å². The summed E-state index contributed by atoms with van der Waals surface area (Å²) in [5.74, 6) is 0.758. The van der Waals surface area contributed by atoms with Gasteiger partial charge in [0.2, 0.25) is 0 Å². The summed E-state index contributed by atoms with van der Waals surface area (Å²) in [6, 6.07) is 0. The zero-order valence-corrected chi connectivity index (χ0v) is 56.3. The minimum Gasteiger partial charge on any atom is -0.462 e. The lowest BCUT2D eigenvalue weighted by atomic mass is 10.00. The van der Waals surface area contributed by atoms with E-state index in [2.05, 4.69) is 55.4 Å². The van der Waals surface area contributed by atoms with Gasteiger partial charge in [0.25, 0.3) is 0 Å². The summed E-state index contributed by atoms with van der Waals surface area (Å²) in [5.41, 5.74) is 0. The third kappa shape index (κ3) is 56.6. The molecule has 0 aromatic heterocycles. The average molecular weight is 1240 g/mol. The molecule has 0 fully saturated rings. The second-order valence-electron chi connectivity index (χ2n) is 24.9. The van der Waals surface area contributed by atoms with Crippen molar-refractivity contribution in [2.45, 2.75) is 331 Å². The number of unbranched alkanes of at least 4 members (excludes halogenated alkanes) is 26. The number of aliphatic hydroxyl groups excluding tert-OH is 1. The average Bonchev–Trinajstić information content (AvgIpc) is 3.51. The van der Waals surface area contributed by atoms with E-state index in [9.17, 15) is 43.2 Å². The molecule has 0 aliphatic carbocycles. The third-order valence-corrected chi connectivity index (χ3v) is 17.4. The lowest BCUT2D eigenvalue weighted by molar-refractivity contribution is -0.161. The fourth-order valence-corrected chi connectivity index (χ4v) is 11.1. The lowest BCUT2D eigenvalue weighted by Gasteiger charge is -2.21. The number of ether oxygens (including phenoxy) is 4. The van der Waals surface area contributed by atoms with Crippen LogP contribution in [0.15, 0.2) is 0 Å². The van der Waals surface area contributed by atoms with Gasteiger partial charge in [0.1, 0.15) is 19.3 Å². The van der Waals surface area contributed by atoms with Crippen LogP contribution in [0.1, 0.15) is 312 Å². The summed E-state index contributed by atoms with van der Waals surface area (Å²) >= 11 is 0. The van der Waals surface area contributed by atoms with Crippen LogP contribution in [0.5, 0.6) is 0 Å². The molecule has 0 amide bonds. The highest BCUT2D eigenvalue weighted by atomic mass is 31.2. The summed E-state index contributed by atoms with van der Waals surface area (Å²) in [7, 11) is -9.89. The monoisotopic (exact) mass is 1240 g/mol. The number of phosphoric ester groups is 2. The van der Waals surface area contributed by atoms with Crippen LogP contribution in [0, 0.1) is 23.7 Å². The maximum absolute atomic E-state index is 13.0. The van der Waals surface area contributed by atoms with E-state index >= 15 is 0 Å². The van der Waals surface area contributed by atoms with E-state index in [0.717, 1.165) is 114 Å². The highest BCUT2D eigenvalue weighted by Gasteiger charge is 2.30. The second kappa shape index (κ2) is 55.2. The van der Waals surface area contributed by atoms with E-state index in [4.69, 9.17) is 37.0 Å². The molecule has 17 nitrogen and oxygen atoms in total. The molecule has 0 aromatic carbocycles. The van der Waals surface area contributed by atoms with Crippen molar-refractivity contribution in [3.63, 3.8) is 0 Å². The van der Waals surface area contributed by atoms with Crippen LogP contribution in [-0.2, 0) is 65.4 Å². The Balaban J connectivity index is 5.22. The van der Waals surface area contributed by atoms with Gasteiger partial charge in [-0.15, -0.1) is 0 Å². The van der Waals surface area contributed by atoms with Gasteiger partial charge in [0.05, 0.1) is 26.4 Å². The molecule has 0 aliphatic heterocycles. The van der Waals surface area contributed by atoms with Gasteiger partial charge in [-0.3, -0.25) is 37.3 Å². The molecule has 0 radical (unpaired) electrons. The Morgan fingerprint density at radius 3 is 0.845 bits per heavy atom. The van der Waals surface area contributed by atoms with Crippen molar-refractivity contribution in [3.8, 4) is 0 Å². The van der Waals surface area contributed by atoms with Crippen molar-refractivity contribution in [3.05, 3.63) is 0 Å². The molecule has 7 atom stereocenters. The quantitative estimate of drug-likeness (QED) is 0.0222. The smallest absolute Gasteiger partial charge is 0.462 e. The molecule has 0 spiro atoms. The van der Waals surface area contributed by atoms with E-state index < -0.39 is 97.5 Å². The number of aliphatic hydroxyl groups is 1. The molecule has 0 rings (SSSR count). The number of phosphoric acid groups is 2. The van der Waals surface area contributed by atoms with Crippen LogP contribution in [-0.4, -0.2) is 96.7 Å². The molecule has 4 unspecified atom stereocenters. The number of esters is 4. The number of carbonyl (C=O) groups is 4. The first-order chi connectivity index (χ1) is 40.2. The van der Waals surface area contributed by atoms with Crippen LogP contribution in [0.4, 0.5) is 0 Å². The Bertz CT molecular complexity index is 1680. The summed E-state index contributed by atoms with van der Waals surface area (Å²) < 4.78 is 68.0. The van der Waals surface area contributed by atoms with Crippen LogP contribution in [0.2, 0.25) is 0 Å². The summed E-state index contributed by atoms with van der Waals surface area (Å²) in [6.45, 7) is 13.9. The molecule has 0 saturated heterocycles. The lowest BCUT2D eigenvalue weighted by Crippen LogP contribution is -2.30. The fourth-order valence-electron chi connectivity index (χ4n) is 9.54. The van der Waals surface area contributed by atoms with Crippen LogP contribution in [0.3, 0.4) is 0 Å². The van der Waals surface area contributed by atoms with Crippen LogP contribution < -0.4 is 0 Å². The largest absolute Gasteiger partial charge is 0.472 e. The molecule has 0 aliphatic rings. The van der Waals surface area contributed by atoms with Gasteiger partial charge >= 0.3 is 39.5 Å². The summed E-state index contributed by atoms with van der Waals surface area (Å²) in [6.07, 6.45) is 35.1. The maximum atomic E-state index is 13.0. The SMILES string of the molecule is CCC(C)CCCCCCCCC(=O)OC[C@H](COP(=O)(O)OC[C@H](O)COP(=O)(O)OC[C@@H](COC(=O)CCCCCCCCCCCCCCC(C)C)OC(=O)CCCCCCCCC(C)C)OC(=O)CCCCCCCCC(C)CC. The Morgan fingerprint density at radius 2 is 0.571 bits per heavy atom. The van der Waals surface area contributed by atoms with Crippen molar-refractivity contribution in [2.75, 3.05) is 39.6 Å². The van der Waals surface area contributed by atoms with Crippen LogP contribution >= 0.6 is 15.6 Å². The minimum absolute atomic E-state index is 0.101. The molecule has 84 heavy (non-hydrogen) atoms. The molecular formula is C65H126O17P2. The fraction of sp³-hybridized carbons (Fsp3) is 0.938. The zero-order valence-electron chi connectivity index (χ0n) is 54.5. The highest BCUT2D eigenvalue weighted by molar-refractivity contribution is 7.47. The molecule has 0 saturated carbocycles. The number of hydrogen-bond donors (Lipinski definition) is 3. The minimum atomic E-state index is -4.95. The van der Waals surface area contributed by atoms with Crippen molar-refractivity contribution in [1.82, 2.24) is 0 Å². The Morgan fingerprint density at radius 1 is 0.333 bits per heavy atom. The predicted octanol–water partition coefficient (Wildman–Crippen LogP) is 17.8. The topological polar surface area (TPSA) is 237 Å². The van der Waals surface area contributed by atoms with Crippen molar-refractivity contribution < 1.29 is 80.2 Å². The van der Waals surface area contributed by atoms with Gasteiger partial charge in [-0.2, -0.15) is 0 Å². The first-order valence-corrected chi connectivity index (χ1v) is 36.8. The molecule has 0 heterocycles. The van der Waals surface area contributed by atoms with Crippen LogP contribution in [0.25, 0.3) is 0 Å². The van der Waals surface area contributed by atoms with E-state index in [0.29, 0.717) is 31.6 Å². The molecule has 19 heteroatoms. The maximum Gasteiger partial charge on any atom is 0.472 e. The second-order valence-corrected chi connectivity index (χ2v) is 27.8. The number of carbonyl (C=O) groups excluding carboxylic acids is 4. The summed E-state index contributed by atoms with van der Waals surface area (Å²) in [4.78, 5) is 72.2. The number of rotatable bonds is 62. The first kappa shape index (κ1) is 82.1.